The number of nitrogens with zero attached hydrogens (tertiary/aromatic N) is 2. The first-order valence-electron chi connectivity index (χ1n) is 9.90. The summed E-state index contributed by atoms with van der Waals surface area (Å²) in [5.74, 6) is -0.430. The summed E-state index contributed by atoms with van der Waals surface area (Å²) < 4.78 is 33.9. The van der Waals surface area contributed by atoms with Gasteiger partial charge in [-0.15, -0.1) is 0 Å². The number of halogens is 1. The van der Waals surface area contributed by atoms with Crippen LogP contribution in [0.25, 0.3) is 0 Å². The summed E-state index contributed by atoms with van der Waals surface area (Å²) in [5, 5.41) is 3.32. The molecule has 10 heteroatoms. The second-order valence-electron chi connectivity index (χ2n) is 7.06. The minimum absolute atomic E-state index is 0.0146. The number of carbonyl (C=O) groups is 1. The summed E-state index contributed by atoms with van der Waals surface area (Å²) in [5.41, 5.74) is 1.70. The summed E-state index contributed by atoms with van der Waals surface area (Å²) in [4.78, 5) is 18.9. The van der Waals surface area contributed by atoms with Crippen molar-refractivity contribution in [2.75, 3.05) is 41.2 Å². The molecule has 1 saturated heterocycles. The average molecular weight is 473 g/mol. The Bertz CT molecular complexity index is 1200. The summed E-state index contributed by atoms with van der Waals surface area (Å²) in [6.07, 6.45) is 1.52. The Balaban J connectivity index is 1.67. The highest BCUT2D eigenvalue weighted by Crippen LogP contribution is 2.31. The quantitative estimate of drug-likeness (QED) is 0.568. The van der Waals surface area contributed by atoms with Gasteiger partial charge < -0.3 is 15.0 Å². The molecule has 2 heterocycles. The van der Waals surface area contributed by atoms with Crippen molar-refractivity contribution in [1.29, 1.82) is 0 Å². The van der Waals surface area contributed by atoms with Crippen LogP contribution < -0.4 is 14.9 Å². The number of rotatable bonds is 6. The van der Waals surface area contributed by atoms with Gasteiger partial charge in [-0.3, -0.25) is 14.5 Å². The second kappa shape index (κ2) is 9.56. The molecule has 0 spiro atoms. The van der Waals surface area contributed by atoms with E-state index in [1.165, 1.54) is 18.3 Å². The third-order valence-electron chi connectivity index (χ3n) is 4.87. The first-order chi connectivity index (χ1) is 15.4. The van der Waals surface area contributed by atoms with Crippen LogP contribution in [0.2, 0.25) is 5.02 Å². The molecule has 0 saturated carbocycles. The molecule has 0 radical (unpaired) electrons. The Labute approximate surface area is 191 Å². The average Bonchev–Trinajstić information content (AvgIpc) is 2.81. The van der Waals surface area contributed by atoms with Gasteiger partial charge in [-0.1, -0.05) is 17.7 Å². The van der Waals surface area contributed by atoms with Gasteiger partial charge in [0, 0.05) is 30.0 Å². The number of hydrogen-bond acceptors (Lipinski definition) is 6. The van der Waals surface area contributed by atoms with Crippen molar-refractivity contribution in [2.45, 2.75) is 4.90 Å². The van der Waals surface area contributed by atoms with E-state index in [9.17, 15) is 13.2 Å². The molecule has 1 aliphatic rings. The molecule has 0 aliphatic carbocycles. The number of amides is 1. The first-order valence-corrected chi connectivity index (χ1v) is 11.8. The Hall–Kier alpha value is -3.14. The molecule has 1 fully saturated rings. The molecule has 2 aromatic carbocycles. The van der Waals surface area contributed by atoms with Crippen LogP contribution in [-0.2, 0) is 14.8 Å². The molecule has 8 nitrogen and oxygen atoms in total. The molecule has 3 aromatic rings. The molecule has 32 heavy (non-hydrogen) atoms. The lowest BCUT2D eigenvalue weighted by atomic mass is 10.2. The number of nitrogens with one attached hydrogen (secondary N) is 2. The zero-order valence-corrected chi connectivity index (χ0v) is 18.6. The number of hydrogen-bond donors (Lipinski definition) is 2. The molecular formula is C22H21ClN4O4S. The maximum atomic E-state index is 13.0. The first kappa shape index (κ1) is 22.1. The molecular weight excluding hydrogens is 452 g/mol. The van der Waals surface area contributed by atoms with Crippen LogP contribution in [0, 0.1) is 0 Å². The molecule has 4 rings (SSSR count). The van der Waals surface area contributed by atoms with Gasteiger partial charge in [0.25, 0.3) is 15.9 Å². The van der Waals surface area contributed by atoms with Gasteiger partial charge in [0.05, 0.1) is 29.5 Å². The Morgan fingerprint density at radius 1 is 1.03 bits per heavy atom. The van der Waals surface area contributed by atoms with Crippen molar-refractivity contribution in [2.24, 2.45) is 0 Å². The highest BCUT2D eigenvalue weighted by Gasteiger charge is 2.21. The van der Waals surface area contributed by atoms with Gasteiger partial charge in [0.15, 0.2) is 0 Å². The van der Waals surface area contributed by atoms with Crippen LogP contribution in [0.3, 0.4) is 0 Å². The monoisotopic (exact) mass is 472 g/mol. The fourth-order valence-electron chi connectivity index (χ4n) is 3.28. The van der Waals surface area contributed by atoms with E-state index in [4.69, 9.17) is 16.3 Å². The van der Waals surface area contributed by atoms with Crippen LogP contribution in [0.5, 0.6) is 0 Å². The SMILES string of the molecule is O=C(Nc1cc(S(=O)(=O)Nc2ccc(Cl)cc2)ccc1N1CCOCC1)c1ccccn1. The number of benzene rings is 2. The largest absolute Gasteiger partial charge is 0.378 e. The molecule has 0 atom stereocenters. The van der Waals surface area contributed by atoms with E-state index < -0.39 is 15.9 Å². The van der Waals surface area contributed by atoms with Gasteiger partial charge in [-0.2, -0.15) is 0 Å². The van der Waals surface area contributed by atoms with Gasteiger partial charge in [0.2, 0.25) is 0 Å². The van der Waals surface area contributed by atoms with E-state index in [0.29, 0.717) is 48.4 Å². The fraction of sp³-hybridized carbons (Fsp3) is 0.182. The lowest BCUT2D eigenvalue weighted by Crippen LogP contribution is -2.36. The standard InChI is InChI=1S/C22H21ClN4O4S/c23-16-4-6-17(7-5-16)26-32(29,30)18-8-9-21(27-11-13-31-14-12-27)20(15-18)25-22(28)19-3-1-2-10-24-19/h1-10,15,26H,11-14H2,(H,25,28). The predicted octanol–water partition coefficient (Wildman–Crippen LogP) is 3.62. The molecule has 2 N–H and O–H groups in total. The number of sulfonamides is 1. The number of aromatic nitrogens is 1. The van der Waals surface area contributed by atoms with E-state index in [2.05, 4.69) is 15.0 Å². The van der Waals surface area contributed by atoms with Crippen molar-refractivity contribution >= 4 is 44.6 Å². The third-order valence-corrected chi connectivity index (χ3v) is 6.50. The van der Waals surface area contributed by atoms with E-state index in [1.54, 1.807) is 48.5 Å². The molecule has 0 unspecified atom stereocenters. The highest BCUT2D eigenvalue weighted by atomic mass is 35.5. The van der Waals surface area contributed by atoms with E-state index >= 15 is 0 Å². The van der Waals surface area contributed by atoms with Crippen molar-refractivity contribution in [1.82, 2.24) is 4.98 Å². The Morgan fingerprint density at radius 2 is 1.78 bits per heavy atom. The molecule has 1 aliphatic heterocycles. The van der Waals surface area contributed by atoms with Crippen LogP contribution >= 0.6 is 11.6 Å². The van der Waals surface area contributed by atoms with Crippen LogP contribution in [0.4, 0.5) is 17.1 Å². The predicted molar refractivity (Wildman–Crippen MR) is 124 cm³/mol. The fourth-order valence-corrected chi connectivity index (χ4v) is 4.49. The van der Waals surface area contributed by atoms with Gasteiger partial charge in [0.1, 0.15) is 5.69 Å². The molecule has 166 valence electrons. The number of pyridine rings is 1. The molecule has 1 aromatic heterocycles. The number of morpholine rings is 1. The smallest absolute Gasteiger partial charge is 0.274 e. The Morgan fingerprint density at radius 3 is 2.47 bits per heavy atom. The van der Waals surface area contributed by atoms with Gasteiger partial charge in [-0.05, 0) is 54.6 Å². The van der Waals surface area contributed by atoms with Crippen molar-refractivity contribution in [3.8, 4) is 0 Å². The Kier molecular flexibility index (Phi) is 6.59. The third kappa shape index (κ3) is 5.18. The van der Waals surface area contributed by atoms with Crippen LogP contribution in [0.1, 0.15) is 10.5 Å². The zero-order valence-electron chi connectivity index (χ0n) is 17.0. The van der Waals surface area contributed by atoms with Crippen molar-refractivity contribution in [3.63, 3.8) is 0 Å². The maximum Gasteiger partial charge on any atom is 0.274 e. The van der Waals surface area contributed by atoms with E-state index in [0.717, 1.165) is 0 Å². The minimum atomic E-state index is -3.90. The summed E-state index contributed by atoms with van der Waals surface area (Å²) in [6, 6.07) is 16.0. The van der Waals surface area contributed by atoms with E-state index in [1.807, 2.05) is 4.90 Å². The van der Waals surface area contributed by atoms with E-state index in [-0.39, 0.29) is 10.6 Å². The van der Waals surface area contributed by atoms with Gasteiger partial charge >= 0.3 is 0 Å². The summed E-state index contributed by atoms with van der Waals surface area (Å²) in [7, 11) is -3.90. The lowest BCUT2D eigenvalue weighted by molar-refractivity contribution is 0.102. The molecule has 0 bridgehead atoms. The number of carbonyl (C=O) groups excluding carboxylic acids is 1. The second-order valence-corrected chi connectivity index (χ2v) is 9.18. The number of anilines is 3. The minimum Gasteiger partial charge on any atom is -0.378 e. The summed E-state index contributed by atoms with van der Waals surface area (Å²) >= 11 is 5.87. The summed E-state index contributed by atoms with van der Waals surface area (Å²) in [6.45, 7) is 2.35. The highest BCUT2D eigenvalue weighted by molar-refractivity contribution is 7.92. The van der Waals surface area contributed by atoms with Crippen molar-refractivity contribution < 1.29 is 17.9 Å². The van der Waals surface area contributed by atoms with Crippen molar-refractivity contribution in [3.05, 3.63) is 77.6 Å². The molecule has 1 amide bonds. The lowest BCUT2D eigenvalue weighted by Gasteiger charge is -2.30. The van der Waals surface area contributed by atoms with Crippen LogP contribution in [0.15, 0.2) is 71.8 Å². The van der Waals surface area contributed by atoms with Gasteiger partial charge in [-0.25, -0.2) is 8.42 Å². The normalized spacial score (nSPS) is 14.1. The number of ether oxygens (including phenoxy) is 1. The zero-order chi connectivity index (χ0) is 22.6. The van der Waals surface area contributed by atoms with Crippen LogP contribution in [-0.4, -0.2) is 45.6 Å². The topological polar surface area (TPSA) is 101 Å². The maximum absolute atomic E-state index is 13.0.